The average Bonchev–Trinajstić information content (AvgIpc) is 2.02. The SMILES string of the molecule is CSC(=O)C1=C(C)CCCC1(C)C. The van der Waals surface area contributed by atoms with Crippen LogP contribution in [0.5, 0.6) is 0 Å². The Hall–Kier alpha value is -0.240. The van der Waals surface area contributed by atoms with Crippen LogP contribution >= 0.6 is 11.8 Å². The molecular formula is C11H18OS. The molecule has 13 heavy (non-hydrogen) atoms. The molecule has 1 aliphatic carbocycles. The van der Waals surface area contributed by atoms with Gasteiger partial charge in [0.1, 0.15) is 0 Å². The molecule has 74 valence electrons. The van der Waals surface area contributed by atoms with Crippen LogP contribution < -0.4 is 0 Å². The van der Waals surface area contributed by atoms with E-state index in [1.165, 1.54) is 23.8 Å². The normalized spacial score (nSPS) is 21.8. The van der Waals surface area contributed by atoms with Crippen LogP contribution in [0, 0.1) is 5.41 Å². The summed E-state index contributed by atoms with van der Waals surface area (Å²) in [6.07, 6.45) is 5.34. The number of hydrogen-bond donors (Lipinski definition) is 0. The number of thioether (sulfide) groups is 1. The van der Waals surface area contributed by atoms with Gasteiger partial charge < -0.3 is 0 Å². The Kier molecular flexibility index (Phi) is 3.23. The highest BCUT2D eigenvalue weighted by Crippen LogP contribution is 2.41. The van der Waals surface area contributed by atoms with E-state index in [1.54, 1.807) is 0 Å². The summed E-state index contributed by atoms with van der Waals surface area (Å²) in [5.74, 6) is 0. The molecule has 0 saturated heterocycles. The maximum absolute atomic E-state index is 11.7. The van der Waals surface area contributed by atoms with Crippen LogP contribution in [0.15, 0.2) is 11.1 Å². The third-order valence-electron chi connectivity index (χ3n) is 2.85. The zero-order valence-electron chi connectivity index (χ0n) is 8.94. The van der Waals surface area contributed by atoms with Gasteiger partial charge in [-0.2, -0.15) is 0 Å². The van der Waals surface area contributed by atoms with Gasteiger partial charge in [0.05, 0.1) is 0 Å². The maximum Gasteiger partial charge on any atom is 0.215 e. The van der Waals surface area contributed by atoms with Crippen molar-refractivity contribution in [1.82, 2.24) is 0 Å². The summed E-state index contributed by atoms with van der Waals surface area (Å²) in [4.78, 5) is 11.7. The molecule has 0 unspecified atom stereocenters. The van der Waals surface area contributed by atoms with E-state index in [0.717, 1.165) is 18.4 Å². The second-order valence-corrected chi connectivity index (χ2v) is 5.16. The van der Waals surface area contributed by atoms with Gasteiger partial charge in [-0.3, -0.25) is 4.79 Å². The Morgan fingerprint density at radius 2 is 2.08 bits per heavy atom. The highest BCUT2D eigenvalue weighted by atomic mass is 32.2. The van der Waals surface area contributed by atoms with Crippen molar-refractivity contribution in [2.45, 2.75) is 40.0 Å². The third kappa shape index (κ3) is 2.16. The fourth-order valence-corrected chi connectivity index (χ4v) is 2.83. The number of rotatable bonds is 1. The number of hydrogen-bond acceptors (Lipinski definition) is 2. The van der Waals surface area contributed by atoms with Gasteiger partial charge in [0.2, 0.25) is 5.12 Å². The topological polar surface area (TPSA) is 17.1 Å². The van der Waals surface area contributed by atoms with Crippen molar-refractivity contribution in [1.29, 1.82) is 0 Å². The Labute approximate surface area is 85.0 Å². The van der Waals surface area contributed by atoms with Crippen molar-refractivity contribution >= 4 is 16.9 Å². The maximum atomic E-state index is 11.7. The van der Waals surface area contributed by atoms with E-state index in [2.05, 4.69) is 20.8 Å². The molecule has 0 saturated carbocycles. The summed E-state index contributed by atoms with van der Waals surface area (Å²) in [6, 6.07) is 0. The van der Waals surface area contributed by atoms with E-state index >= 15 is 0 Å². The van der Waals surface area contributed by atoms with E-state index in [9.17, 15) is 4.79 Å². The lowest BCUT2D eigenvalue weighted by Gasteiger charge is -2.32. The highest BCUT2D eigenvalue weighted by molar-refractivity contribution is 8.13. The quantitative estimate of drug-likeness (QED) is 0.642. The molecule has 0 N–H and O–H groups in total. The van der Waals surface area contributed by atoms with Gasteiger partial charge in [0.15, 0.2) is 0 Å². The molecule has 1 aliphatic rings. The fraction of sp³-hybridized carbons (Fsp3) is 0.727. The average molecular weight is 198 g/mol. The first-order valence-corrected chi connectivity index (χ1v) is 6.00. The molecule has 0 amide bonds. The molecule has 0 radical (unpaired) electrons. The minimum Gasteiger partial charge on any atom is -0.282 e. The predicted molar refractivity (Wildman–Crippen MR) is 58.9 cm³/mol. The van der Waals surface area contributed by atoms with Crippen LogP contribution in [0.25, 0.3) is 0 Å². The standard InChI is InChI=1S/C11H18OS/c1-8-6-5-7-11(2,3)9(8)10(12)13-4/h5-7H2,1-4H3. The molecule has 2 heteroatoms. The Bertz CT molecular complexity index is 251. The molecule has 0 aromatic rings. The first kappa shape index (κ1) is 10.8. The molecule has 1 rings (SSSR count). The Balaban J connectivity index is 3.05. The highest BCUT2D eigenvalue weighted by Gasteiger charge is 2.32. The van der Waals surface area contributed by atoms with Crippen LogP contribution in [-0.2, 0) is 4.79 Å². The molecule has 0 heterocycles. The van der Waals surface area contributed by atoms with Crippen LogP contribution in [0.2, 0.25) is 0 Å². The van der Waals surface area contributed by atoms with Crippen molar-refractivity contribution in [3.63, 3.8) is 0 Å². The lowest BCUT2D eigenvalue weighted by molar-refractivity contribution is -0.109. The van der Waals surface area contributed by atoms with E-state index in [1.807, 2.05) is 6.26 Å². The Morgan fingerprint density at radius 1 is 1.46 bits per heavy atom. The lowest BCUT2D eigenvalue weighted by atomic mass is 9.73. The van der Waals surface area contributed by atoms with E-state index < -0.39 is 0 Å². The second kappa shape index (κ2) is 3.87. The van der Waals surface area contributed by atoms with Crippen molar-refractivity contribution in [3.05, 3.63) is 11.1 Å². The van der Waals surface area contributed by atoms with Gasteiger partial charge in [-0.1, -0.05) is 31.2 Å². The number of carbonyl (C=O) groups excluding carboxylic acids is 1. The third-order valence-corrected chi connectivity index (χ3v) is 3.42. The molecule has 1 nitrogen and oxygen atoms in total. The van der Waals surface area contributed by atoms with E-state index in [4.69, 9.17) is 0 Å². The van der Waals surface area contributed by atoms with Gasteiger partial charge in [-0.15, -0.1) is 0 Å². The Morgan fingerprint density at radius 3 is 2.54 bits per heavy atom. The first-order valence-electron chi connectivity index (χ1n) is 4.77. The van der Waals surface area contributed by atoms with Crippen LogP contribution in [-0.4, -0.2) is 11.4 Å². The van der Waals surface area contributed by atoms with Crippen LogP contribution in [0.1, 0.15) is 40.0 Å². The van der Waals surface area contributed by atoms with Crippen LogP contribution in [0.3, 0.4) is 0 Å². The fourth-order valence-electron chi connectivity index (χ4n) is 2.18. The summed E-state index contributed by atoms with van der Waals surface area (Å²) < 4.78 is 0. The largest absolute Gasteiger partial charge is 0.282 e. The minimum absolute atomic E-state index is 0.0996. The number of carbonyl (C=O) groups is 1. The van der Waals surface area contributed by atoms with E-state index in [-0.39, 0.29) is 10.5 Å². The molecule has 0 spiro atoms. The summed E-state index contributed by atoms with van der Waals surface area (Å²) in [6.45, 7) is 6.46. The molecular weight excluding hydrogens is 180 g/mol. The van der Waals surface area contributed by atoms with Gasteiger partial charge in [0.25, 0.3) is 0 Å². The molecule has 0 fully saturated rings. The van der Waals surface area contributed by atoms with Gasteiger partial charge in [-0.05, 0) is 37.9 Å². The van der Waals surface area contributed by atoms with Crippen molar-refractivity contribution < 1.29 is 4.79 Å². The molecule has 0 atom stereocenters. The monoisotopic (exact) mass is 198 g/mol. The zero-order chi connectivity index (χ0) is 10.1. The van der Waals surface area contributed by atoms with Gasteiger partial charge >= 0.3 is 0 Å². The molecule has 0 aliphatic heterocycles. The lowest BCUT2D eigenvalue weighted by Crippen LogP contribution is -2.24. The summed E-state index contributed by atoms with van der Waals surface area (Å²) in [5, 5.41) is 0.266. The minimum atomic E-state index is 0.0996. The first-order chi connectivity index (χ1) is 5.99. The number of allylic oxidation sites excluding steroid dienone is 1. The molecule has 0 aromatic heterocycles. The van der Waals surface area contributed by atoms with Gasteiger partial charge in [-0.25, -0.2) is 0 Å². The summed E-state index contributed by atoms with van der Waals surface area (Å²) in [5.41, 5.74) is 2.48. The van der Waals surface area contributed by atoms with E-state index in [0.29, 0.717) is 0 Å². The summed E-state index contributed by atoms with van der Waals surface area (Å²) >= 11 is 1.34. The van der Waals surface area contributed by atoms with Gasteiger partial charge in [0, 0.05) is 5.57 Å². The smallest absolute Gasteiger partial charge is 0.215 e. The van der Waals surface area contributed by atoms with Crippen molar-refractivity contribution in [2.75, 3.05) is 6.26 Å². The van der Waals surface area contributed by atoms with Crippen molar-refractivity contribution in [2.24, 2.45) is 5.41 Å². The zero-order valence-corrected chi connectivity index (χ0v) is 9.75. The predicted octanol–water partition coefficient (Wildman–Crippen LogP) is 3.40. The molecule has 0 bridgehead atoms. The van der Waals surface area contributed by atoms with Crippen LogP contribution in [0.4, 0.5) is 0 Å². The summed E-state index contributed by atoms with van der Waals surface area (Å²) in [7, 11) is 0. The van der Waals surface area contributed by atoms with Crippen molar-refractivity contribution in [3.8, 4) is 0 Å². The molecule has 0 aromatic carbocycles. The second-order valence-electron chi connectivity index (χ2n) is 4.38.